The van der Waals surface area contributed by atoms with Crippen LogP contribution in [0.25, 0.3) is 0 Å². The van der Waals surface area contributed by atoms with Crippen molar-refractivity contribution in [3.63, 3.8) is 0 Å². The first kappa shape index (κ1) is 15.0. The number of benzene rings is 1. The smallest absolute Gasteiger partial charge is 0.319 e. The summed E-state index contributed by atoms with van der Waals surface area (Å²) < 4.78 is 0. The maximum Gasteiger partial charge on any atom is 0.319 e. The lowest BCUT2D eigenvalue weighted by atomic mass is 10.2. The molecule has 0 unspecified atom stereocenters. The first-order valence-corrected chi connectivity index (χ1v) is 6.50. The molecule has 5 heteroatoms. The standard InChI is InChI=1S/C14H21N3O2/c1-4-11(5-2)16-14(19)17-13-8-6-12(7-9-13)15-10(3)18/h6-9,11H,4-5H2,1-3H3,(H,15,18)(H2,16,17,19). The van der Waals surface area contributed by atoms with E-state index in [0.717, 1.165) is 12.8 Å². The molecule has 1 aromatic rings. The molecule has 0 heterocycles. The van der Waals surface area contributed by atoms with Gasteiger partial charge in [0.2, 0.25) is 5.91 Å². The minimum atomic E-state index is -0.207. The molecular formula is C14H21N3O2. The van der Waals surface area contributed by atoms with E-state index >= 15 is 0 Å². The predicted octanol–water partition coefficient (Wildman–Crippen LogP) is 2.96. The number of rotatable bonds is 5. The lowest BCUT2D eigenvalue weighted by Crippen LogP contribution is -2.37. The Hall–Kier alpha value is -2.04. The molecule has 1 aromatic carbocycles. The average Bonchev–Trinajstić information content (AvgIpc) is 2.37. The van der Waals surface area contributed by atoms with Crippen LogP contribution in [0.4, 0.5) is 16.2 Å². The Morgan fingerprint density at radius 3 is 1.89 bits per heavy atom. The summed E-state index contributed by atoms with van der Waals surface area (Å²) in [6, 6.07) is 6.97. The number of hydrogen-bond donors (Lipinski definition) is 3. The van der Waals surface area contributed by atoms with E-state index in [0.29, 0.717) is 11.4 Å². The molecule has 0 aliphatic carbocycles. The van der Waals surface area contributed by atoms with Crippen molar-refractivity contribution in [1.82, 2.24) is 5.32 Å². The second-order valence-corrected chi connectivity index (χ2v) is 4.37. The third kappa shape index (κ3) is 5.42. The topological polar surface area (TPSA) is 70.2 Å². The van der Waals surface area contributed by atoms with Crippen LogP contribution >= 0.6 is 0 Å². The fourth-order valence-corrected chi connectivity index (χ4v) is 1.69. The summed E-state index contributed by atoms with van der Waals surface area (Å²) in [6.07, 6.45) is 1.82. The van der Waals surface area contributed by atoms with Crippen molar-refractivity contribution in [3.8, 4) is 0 Å². The molecule has 104 valence electrons. The van der Waals surface area contributed by atoms with Gasteiger partial charge in [-0.1, -0.05) is 13.8 Å². The van der Waals surface area contributed by atoms with E-state index in [2.05, 4.69) is 16.0 Å². The van der Waals surface area contributed by atoms with Gasteiger partial charge < -0.3 is 16.0 Å². The number of anilines is 2. The van der Waals surface area contributed by atoms with Gasteiger partial charge in [0.25, 0.3) is 0 Å². The Balaban J connectivity index is 2.53. The minimum absolute atomic E-state index is 0.118. The minimum Gasteiger partial charge on any atom is -0.335 e. The van der Waals surface area contributed by atoms with Crippen LogP contribution in [0, 0.1) is 0 Å². The van der Waals surface area contributed by atoms with Gasteiger partial charge in [-0.25, -0.2) is 4.79 Å². The van der Waals surface area contributed by atoms with Gasteiger partial charge in [-0.3, -0.25) is 4.79 Å². The lowest BCUT2D eigenvalue weighted by molar-refractivity contribution is -0.114. The maximum absolute atomic E-state index is 11.7. The molecule has 0 saturated carbocycles. The number of carbonyl (C=O) groups excluding carboxylic acids is 2. The van der Waals surface area contributed by atoms with Crippen molar-refractivity contribution in [2.45, 2.75) is 39.7 Å². The summed E-state index contributed by atoms with van der Waals surface area (Å²) in [7, 11) is 0. The van der Waals surface area contributed by atoms with Gasteiger partial charge in [-0.05, 0) is 37.1 Å². The number of nitrogens with one attached hydrogen (secondary N) is 3. The summed E-state index contributed by atoms with van der Waals surface area (Å²) in [5.74, 6) is -0.118. The van der Waals surface area contributed by atoms with Gasteiger partial charge in [-0.15, -0.1) is 0 Å². The van der Waals surface area contributed by atoms with E-state index in [1.165, 1.54) is 6.92 Å². The Labute approximate surface area is 113 Å². The first-order valence-electron chi connectivity index (χ1n) is 6.50. The van der Waals surface area contributed by atoms with Gasteiger partial charge >= 0.3 is 6.03 Å². The Bertz CT molecular complexity index is 425. The lowest BCUT2D eigenvalue weighted by Gasteiger charge is -2.15. The van der Waals surface area contributed by atoms with Crippen LogP contribution < -0.4 is 16.0 Å². The van der Waals surface area contributed by atoms with Gasteiger partial charge in [0, 0.05) is 24.3 Å². The highest BCUT2D eigenvalue weighted by atomic mass is 16.2. The van der Waals surface area contributed by atoms with Crippen molar-refractivity contribution >= 4 is 23.3 Å². The molecule has 0 fully saturated rings. The van der Waals surface area contributed by atoms with E-state index in [1.807, 2.05) is 13.8 Å². The van der Waals surface area contributed by atoms with Gasteiger partial charge in [0.05, 0.1) is 0 Å². The van der Waals surface area contributed by atoms with E-state index < -0.39 is 0 Å². The van der Waals surface area contributed by atoms with Crippen LogP contribution in [-0.2, 0) is 4.79 Å². The highest BCUT2D eigenvalue weighted by Gasteiger charge is 2.07. The molecule has 0 bridgehead atoms. The molecule has 3 amide bonds. The van der Waals surface area contributed by atoms with E-state index in [-0.39, 0.29) is 18.0 Å². The van der Waals surface area contributed by atoms with Crippen LogP contribution in [-0.4, -0.2) is 18.0 Å². The second kappa shape index (κ2) is 7.41. The van der Waals surface area contributed by atoms with Crippen molar-refractivity contribution in [2.75, 3.05) is 10.6 Å². The molecule has 0 aliphatic heterocycles. The maximum atomic E-state index is 11.7. The third-order valence-corrected chi connectivity index (χ3v) is 2.78. The van der Waals surface area contributed by atoms with Gasteiger partial charge in [0.15, 0.2) is 0 Å². The van der Waals surface area contributed by atoms with Crippen LogP contribution in [0.3, 0.4) is 0 Å². The van der Waals surface area contributed by atoms with Crippen LogP contribution in [0.1, 0.15) is 33.6 Å². The Morgan fingerprint density at radius 1 is 1.00 bits per heavy atom. The van der Waals surface area contributed by atoms with E-state index in [9.17, 15) is 9.59 Å². The van der Waals surface area contributed by atoms with Crippen molar-refractivity contribution in [3.05, 3.63) is 24.3 Å². The van der Waals surface area contributed by atoms with E-state index in [4.69, 9.17) is 0 Å². The molecular weight excluding hydrogens is 242 g/mol. The summed E-state index contributed by atoms with van der Waals surface area (Å²) >= 11 is 0. The molecule has 0 spiro atoms. The highest BCUT2D eigenvalue weighted by molar-refractivity contribution is 5.91. The number of hydrogen-bond acceptors (Lipinski definition) is 2. The normalized spacial score (nSPS) is 10.1. The second-order valence-electron chi connectivity index (χ2n) is 4.37. The van der Waals surface area contributed by atoms with Crippen molar-refractivity contribution in [2.24, 2.45) is 0 Å². The SMILES string of the molecule is CCC(CC)NC(=O)Nc1ccc(NC(C)=O)cc1. The van der Waals surface area contributed by atoms with Gasteiger partial charge in [0.1, 0.15) is 0 Å². The molecule has 3 N–H and O–H groups in total. The zero-order chi connectivity index (χ0) is 14.3. The quantitative estimate of drug-likeness (QED) is 0.764. The molecule has 19 heavy (non-hydrogen) atoms. The fraction of sp³-hybridized carbons (Fsp3) is 0.429. The Morgan fingerprint density at radius 2 is 1.47 bits per heavy atom. The molecule has 0 atom stereocenters. The fourth-order valence-electron chi connectivity index (χ4n) is 1.69. The summed E-state index contributed by atoms with van der Waals surface area (Å²) in [4.78, 5) is 22.6. The van der Waals surface area contributed by atoms with Crippen LogP contribution in [0.15, 0.2) is 24.3 Å². The predicted molar refractivity (Wildman–Crippen MR) is 77.3 cm³/mol. The summed E-state index contributed by atoms with van der Waals surface area (Å²) in [5.41, 5.74) is 1.40. The third-order valence-electron chi connectivity index (χ3n) is 2.78. The zero-order valence-electron chi connectivity index (χ0n) is 11.6. The molecule has 1 rings (SSSR count). The molecule has 0 aliphatic rings. The zero-order valence-corrected chi connectivity index (χ0v) is 11.6. The number of urea groups is 1. The summed E-state index contributed by atoms with van der Waals surface area (Å²) in [6.45, 7) is 5.53. The van der Waals surface area contributed by atoms with E-state index in [1.54, 1.807) is 24.3 Å². The van der Waals surface area contributed by atoms with Crippen molar-refractivity contribution < 1.29 is 9.59 Å². The van der Waals surface area contributed by atoms with Gasteiger partial charge in [-0.2, -0.15) is 0 Å². The largest absolute Gasteiger partial charge is 0.335 e. The Kier molecular flexibility index (Phi) is 5.85. The number of carbonyl (C=O) groups is 2. The molecule has 0 saturated heterocycles. The first-order chi connectivity index (χ1) is 9.05. The summed E-state index contributed by atoms with van der Waals surface area (Å²) in [5, 5.41) is 8.32. The molecule has 5 nitrogen and oxygen atoms in total. The molecule has 0 aromatic heterocycles. The van der Waals surface area contributed by atoms with Crippen LogP contribution in [0.2, 0.25) is 0 Å². The monoisotopic (exact) mass is 263 g/mol. The number of amides is 3. The molecule has 0 radical (unpaired) electrons. The van der Waals surface area contributed by atoms with Crippen molar-refractivity contribution in [1.29, 1.82) is 0 Å². The average molecular weight is 263 g/mol. The van der Waals surface area contributed by atoms with Crippen LogP contribution in [0.5, 0.6) is 0 Å². The highest BCUT2D eigenvalue weighted by Crippen LogP contribution is 2.13.